The molecule has 3 rings (SSSR count). The lowest BCUT2D eigenvalue weighted by atomic mass is 10.2. The second-order valence-corrected chi connectivity index (χ2v) is 5.55. The Morgan fingerprint density at radius 2 is 1.52 bits per heavy atom. The molecule has 4 N–H and O–H groups in total. The second kappa shape index (κ2) is 7.35. The number of hydrogen-bond donors (Lipinski definition) is 3. The number of aromatic nitrogens is 1. The Balaban J connectivity index is 1.62. The molecule has 0 atom stereocenters. The number of pyridine rings is 1. The van der Waals surface area contributed by atoms with E-state index in [1.807, 2.05) is 42.5 Å². The molecule has 1 heterocycles. The third-order valence-electron chi connectivity index (χ3n) is 3.55. The summed E-state index contributed by atoms with van der Waals surface area (Å²) in [5, 5.41) is 6.03. The quantitative estimate of drug-likeness (QED) is 0.669. The number of nitrogens with one attached hydrogen (secondary N) is 2. The van der Waals surface area contributed by atoms with Crippen LogP contribution in [0.4, 0.5) is 22.7 Å². The number of nitrogens with zero attached hydrogens (tertiary/aromatic N) is 1. The van der Waals surface area contributed by atoms with Gasteiger partial charge in [0.1, 0.15) is 6.54 Å². The van der Waals surface area contributed by atoms with Gasteiger partial charge >= 0.3 is 0 Å². The van der Waals surface area contributed by atoms with Crippen molar-refractivity contribution in [3.63, 3.8) is 0 Å². The topological polar surface area (TPSA) is 89.2 Å². The molecule has 0 aliphatic heterocycles. The summed E-state index contributed by atoms with van der Waals surface area (Å²) in [6.45, 7) is -0.0894. The van der Waals surface area contributed by atoms with Gasteiger partial charge in [0.25, 0.3) is 5.56 Å². The molecule has 0 aliphatic rings. The van der Waals surface area contributed by atoms with E-state index in [1.54, 1.807) is 12.1 Å². The molecule has 0 saturated carbocycles. The molecule has 0 aliphatic carbocycles. The minimum absolute atomic E-state index is 0.0894. The van der Waals surface area contributed by atoms with Crippen molar-refractivity contribution in [3.8, 4) is 0 Å². The summed E-state index contributed by atoms with van der Waals surface area (Å²) >= 11 is 0. The molecular formula is C19H18N4O2. The number of amides is 1. The van der Waals surface area contributed by atoms with Crippen molar-refractivity contribution in [2.75, 3.05) is 16.4 Å². The zero-order valence-corrected chi connectivity index (χ0v) is 13.5. The summed E-state index contributed by atoms with van der Waals surface area (Å²) in [6, 6.07) is 20.0. The fourth-order valence-electron chi connectivity index (χ4n) is 2.35. The highest BCUT2D eigenvalue weighted by molar-refractivity contribution is 5.90. The maximum absolute atomic E-state index is 12.1. The van der Waals surface area contributed by atoms with Gasteiger partial charge in [-0.3, -0.25) is 9.59 Å². The van der Waals surface area contributed by atoms with Crippen LogP contribution in [-0.2, 0) is 11.3 Å². The van der Waals surface area contributed by atoms with Crippen LogP contribution in [0.1, 0.15) is 0 Å². The molecular weight excluding hydrogens is 316 g/mol. The van der Waals surface area contributed by atoms with Gasteiger partial charge in [-0.15, -0.1) is 0 Å². The lowest BCUT2D eigenvalue weighted by Gasteiger charge is -2.10. The number of benzene rings is 2. The van der Waals surface area contributed by atoms with Gasteiger partial charge in [-0.2, -0.15) is 0 Å². The van der Waals surface area contributed by atoms with Crippen molar-refractivity contribution in [1.29, 1.82) is 0 Å². The van der Waals surface area contributed by atoms with Crippen molar-refractivity contribution in [2.24, 2.45) is 0 Å². The van der Waals surface area contributed by atoms with Crippen LogP contribution in [-0.4, -0.2) is 10.5 Å². The van der Waals surface area contributed by atoms with Crippen LogP contribution >= 0.6 is 0 Å². The van der Waals surface area contributed by atoms with E-state index in [9.17, 15) is 9.59 Å². The van der Waals surface area contributed by atoms with Gasteiger partial charge in [-0.25, -0.2) is 0 Å². The monoisotopic (exact) mass is 334 g/mol. The smallest absolute Gasteiger partial charge is 0.251 e. The molecule has 3 aromatic rings. The minimum Gasteiger partial charge on any atom is -0.398 e. The van der Waals surface area contributed by atoms with Gasteiger partial charge in [-0.05, 0) is 42.5 Å². The Morgan fingerprint density at radius 1 is 0.880 bits per heavy atom. The van der Waals surface area contributed by atoms with Gasteiger partial charge in [0.2, 0.25) is 5.91 Å². The van der Waals surface area contributed by atoms with Crippen molar-refractivity contribution >= 4 is 28.7 Å². The van der Waals surface area contributed by atoms with Crippen molar-refractivity contribution in [1.82, 2.24) is 4.57 Å². The largest absolute Gasteiger partial charge is 0.398 e. The first-order valence-electron chi connectivity index (χ1n) is 7.78. The average Bonchev–Trinajstić information content (AvgIpc) is 2.61. The van der Waals surface area contributed by atoms with Crippen molar-refractivity contribution in [2.45, 2.75) is 6.54 Å². The van der Waals surface area contributed by atoms with Crippen LogP contribution in [0.2, 0.25) is 0 Å². The first kappa shape index (κ1) is 16.3. The van der Waals surface area contributed by atoms with Crippen molar-refractivity contribution < 1.29 is 4.79 Å². The predicted molar refractivity (Wildman–Crippen MR) is 99.9 cm³/mol. The first-order valence-corrected chi connectivity index (χ1v) is 7.78. The molecule has 126 valence electrons. The van der Waals surface area contributed by atoms with E-state index in [1.165, 1.54) is 22.9 Å². The highest BCUT2D eigenvalue weighted by Gasteiger charge is 2.05. The molecule has 0 radical (unpaired) electrons. The SMILES string of the molecule is Nc1ccc(=O)n(CC(=O)Nc2ccc(Nc3ccccc3)cc2)c1. The normalized spacial score (nSPS) is 10.2. The van der Waals surface area contributed by atoms with Gasteiger partial charge in [0.05, 0.1) is 0 Å². The Bertz CT molecular complexity index is 918. The summed E-state index contributed by atoms with van der Waals surface area (Å²) in [7, 11) is 0. The van der Waals surface area contributed by atoms with Crippen LogP contribution in [0.5, 0.6) is 0 Å². The molecule has 1 amide bonds. The van der Waals surface area contributed by atoms with E-state index in [0.29, 0.717) is 11.4 Å². The van der Waals surface area contributed by atoms with Gasteiger partial charge in [0.15, 0.2) is 0 Å². The Hall–Kier alpha value is -3.54. The first-order chi connectivity index (χ1) is 12.1. The van der Waals surface area contributed by atoms with Gasteiger partial charge in [-0.1, -0.05) is 18.2 Å². The molecule has 0 spiro atoms. The van der Waals surface area contributed by atoms with Crippen LogP contribution in [0.3, 0.4) is 0 Å². The molecule has 2 aromatic carbocycles. The zero-order chi connectivity index (χ0) is 17.6. The van der Waals surface area contributed by atoms with Crippen molar-refractivity contribution in [3.05, 3.63) is 83.3 Å². The molecule has 1 aromatic heterocycles. The van der Waals surface area contributed by atoms with E-state index in [2.05, 4.69) is 10.6 Å². The summed E-state index contributed by atoms with van der Waals surface area (Å²) in [6.07, 6.45) is 1.45. The van der Waals surface area contributed by atoms with E-state index in [4.69, 9.17) is 5.73 Å². The van der Waals surface area contributed by atoms with Crippen LogP contribution < -0.4 is 21.9 Å². The number of nitrogen functional groups attached to an aromatic ring is 1. The van der Waals surface area contributed by atoms with E-state index >= 15 is 0 Å². The maximum atomic E-state index is 12.1. The Morgan fingerprint density at radius 3 is 2.24 bits per heavy atom. The molecule has 6 nitrogen and oxygen atoms in total. The molecule has 0 fully saturated rings. The minimum atomic E-state index is -0.295. The van der Waals surface area contributed by atoms with Gasteiger partial charge in [0, 0.05) is 35.0 Å². The highest BCUT2D eigenvalue weighted by atomic mass is 16.2. The fraction of sp³-hybridized carbons (Fsp3) is 0.0526. The van der Waals surface area contributed by atoms with Crippen LogP contribution in [0, 0.1) is 0 Å². The summed E-state index contributed by atoms with van der Waals surface area (Å²) < 4.78 is 1.27. The molecule has 0 unspecified atom stereocenters. The predicted octanol–water partition coefficient (Wildman–Crippen LogP) is 2.81. The third-order valence-corrected chi connectivity index (χ3v) is 3.55. The third kappa shape index (κ3) is 4.48. The van der Waals surface area contributed by atoms with Crippen LogP contribution in [0.15, 0.2) is 77.7 Å². The number of carbonyl (C=O) groups is 1. The average molecular weight is 334 g/mol. The molecule has 25 heavy (non-hydrogen) atoms. The lowest BCUT2D eigenvalue weighted by Crippen LogP contribution is -2.27. The summed E-state index contributed by atoms with van der Waals surface area (Å²) in [5.41, 5.74) is 8.35. The van der Waals surface area contributed by atoms with E-state index < -0.39 is 0 Å². The number of anilines is 4. The maximum Gasteiger partial charge on any atom is 0.251 e. The fourth-order valence-corrected chi connectivity index (χ4v) is 2.35. The number of nitrogens with two attached hydrogens (primary N) is 1. The standard InChI is InChI=1S/C19H18N4O2/c20-14-6-11-19(25)23(12-14)13-18(24)22-17-9-7-16(8-10-17)21-15-4-2-1-3-5-15/h1-12,21H,13,20H2,(H,22,24). The molecule has 0 bridgehead atoms. The summed E-state index contributed by atoms with van der Waals surface area (Å²) in [4.78, 5) is 23.8. The van der Waals surface area contributed by atoms with E-state index in [0.717, 1.165) is 11.4 Å². The number of rotatable bonds is 5. The molecule has 0 saturated heterocycles. The van der Waals surface area contributed by atoms with E-state index in [-0.39, 0.29) is 18.0 Å². The Kier molecular flexibility index (Phi) is 4.80. The zero-order valence-electron chi connectivity index (χ0n) is 13.5. The summed E-state index contributed by atoms with van der Waals surface area (Å²) in [5.74, 6) is -0.295. The number of carbonyl (C=O) groups excluding carboxylic acids is 1. The molecule has 6 heteroatoms. The van der Waals surface area contributed by atoms with Gasteiger partial charge < -0.3 is 20.9 Å². The highest BCUT2D eigenvalue weighted by Crippen LogP contribution is 2.18. The number of hydrogen-bond acceptors (Lipinski definition) is 4. The van der Waals surface area contributed by atoms with Crippen LogP contribution in [0.25, 0.3) is 0 Å². The Labute approximate surface area is 144 Å². The second-order valence-electron chi connectivity index (χ2n) is 5.55. The lowest BCUT2D eigenvalue weighted by molar-refractivity contribution is -0.116. The number of para-hydroxylation sites is 1.